The maximum absolute atomic E-state index is 13.7. The number of carbonyl (C=O) groups excluding carboxylic acids is 1. The molecule has 8 nitrogen and oxygen atoms in total. The molecule has 0 unspecified atom stereocenters. The summed E-state index contributed by atoms with van der Waals surface area (Å²) in [7, 11) is 0. The van der Waals surface area contributed by atoms with Crippen molar-refractivity contribution in [2.75, 3.05) is 26.2 Å². The molecule has 7 rings (SSSR count). The normalized spacial score (nSPS) is 21.6. The van der Waals surface area contributed by atoms with E-state index in [0.717, 1.165) is 34.9 Å². The van der Waals surface area contributed by atoms with Crippen LogP contribution in [0.1, 0.15) is 30.7 Å². The summed E-state index contributed by atoms with van der Waals surface area (Å²) in [6.07, 6.45) is 5.52. The molecule has 2 fully saturated rings. The molecule has 214 valence electrons. The fourth-order valence-corrected chi connectivity index (χ4v) is 6.87. The summed E-state index contributed by atoms with van der Waals surface area (Å²) < 4.78 is 3.70. The number of rotatable bonds is 5. The largest absolute Gasteiger partial charge is 0.379 e. The Bertz CT molecular complexity index is 1800. The van der Waals surface area contributed by atoms with Crippen LogP contribution in [0, 0.1) is 5.92 Å². The maximum Gasteiger partial charge on any atom is 0.262 e. The van der Waals surface area contributed by atoms with Gasteiger partial charge < -0.3 is 19.9 Å². The van der Waals surface area contributed by atoms with Crippen LogP contribution in [0.2, 0.25) is 0 Å². The Kier molecular flexibility index (Phi) is 6.88. The lowest BCUT2D eigenvalue weighted by molar-refractivity contribution is -0.158. The van der Waals surface area contributed by atoms with E-state index < -0.39 is 5.60 Å². The number of benzene rings is 3. The molecule has 2 saturated heterocycles. The van der Waals surface area contributed by atoms with Gasteiger partial charge >= 0.3 is 0 Å². The molecule has 2 aromatic heterocycles. The third-order valence-electron chi connectivity index (χ3n) is 9.23. The molecule has 0 saturated carbocycles. The van der Waals surface area contributed by atoms with E-state index in [1.165, 1.54) is 0 Å². The molecular formula is C34H35N5O3. The number of likely N-dealkylation sites (tertiary alicyclic amines) is 1. The summed E-state index contributed by atoms with van der Waals surface area (Å²) >= 11 is 0. The minimum atomic E-state index is -1.41. The van der Waals surface area contributed by atoms with Crippen molar-refractivity contribution in [1.29, 1.82) is 0 Å². The van der Waals surface area contributed by atoms with Gasteiger partial charge in [0.1, 0.15) is 0 Å². The highest BCUT2D eigenvalue weighted by molar-refractivity contribution is 5.92. The summed E-state index contributed by atoms with van der Waals surface area (Å²) in [5, 5.41) is 17.9. The molecule has 3 aromatic carbocycles. The van der Waals surface area contributed by atoms with Gasteiger partial charge in [0.05, 0.1) is 17.4 Å². The van der Waals surface area contributed by atoms with Gasteiger partial charge in [-0.3, -0.25) is 14.2 Å². The van der Waals surface area contributed by atoms with Crippen molar-refractivity contribution in [2.45, 2.75) is 37.3 Å². The second-order valence-corrected chi connectivity index (χ2v) is 11.7. The lowest BCUT2D eigenvalue weighted by Crippen LogP contribution is -2.59. The molecule has 5 aromatic rings. The molecule has 2 N–H and O–H groups in total. The molecule has 0 bridgehead atoms. The Balaban J connectivity index is 1.06. The highest BCUT2D eigenvalue weighted by Gasteiger charge is 2.48. The number of fused-ring (bicyclic) bond motifs is 2. The van der Waals surface area contributed by atoms with Crippen molar-refractivity contribution in [3.63, 3.8) is 0 Å². The Morgan fingerprint density at radius 3 is 2.55 bits per heavy atom. The molecule has 4 heterocycles. The number of nitrogens with zero attached hydrogens (tertiary/aromatic N) is 4. The molecule has 2 aliphatic heterocycles. The van der Waals surface area contributed by atoms with Crippen LogP contribution in [0.15, 0.2) is 96.2 Å². The lowest BCUT2D eigenvalue weighted by atomic mass is 9.76. The SMILES string of the molecule is O=C(N1CCC(Cn2cnc3c(ccn3-c3cccc4ccccc34)c2=O)CC1)[C@@]1(O)CCNC[C@H]1c1ccccc1. The number of hydrogen-bond acceptors (Lipinski definition) is 5. The van der Waals surface area contributed by atoms with Gasteiger partial charge in [-0.15, -0.1) is 0 Å². The second kappa shape index (κ2) is 10.9. The molecule has 42 heavy (non-hydrogen) atoms. The number of aromatic nitrogens is 3. The predicted octanol–water partition coefficient (Wildman–Crippen LogP) is 4.09. The number of amides is 1. The van der Waals surface area contributed by atoms with Crippen molar-refractivity contribution in [3.05, 3.63) is 107 Å². The van der Waals surface area contributed by atoms with Crippen LogP contribution in [-0.2, 0) is 11.3 Å². The maximum atomic E-state index is 13.7. The first-order chi connectivity index (χ1) is 20.5. The van der Waals surface area contributed by atoms with Crippen LogP contribution in [0.25, 0.3) is 27.5 Å². The minimum Gasteiger partial charge on any atom is -0.379 e. The predicted molar refractivity (Wildman–Crippen MR) is 164 cm³/mol. The quantitative estimate of drug-likeness (QED) is 0.337. The average molecular weight is 562 g/mol. The van der Waals surface area contributed by atoms with Crippen molar-refractivity contribution in [3.8, 4) is 5.69 Å². The van der Waals surface area contributed by atoms with Crippen molar-refractivity contribution in [2.24, 2.45) is 5.92 Å². The van der Waals surface area contributed by atoms with Crippen LogP contribution in [0.4, 0.5) is 0 Å². The lowest BCUT2D eigenvalue weighted by Gasteiger charge is -2.43. The van der Waals surface area contributed by atoms with Crippen molar-refractivity contribution in [1.82, 2.24) is 24.3 Å². The zero-order valence-electron chi connectivity index (χ0n) is 23.5. The van der Waals surface area contributed by atoms with Crippen LogP contribution >= 0.6 is 0 Å². The van der Waals surface area contributed by atoms with E-state index in [1.807, 2.05) is 76.3 Å². The average Bonchev–Trinajstić information content (AvgIpc) is 3.47. The van der Waals surface area contributed by atoms with E-state index >= 15 is 0 Å². The zero-order valence-corrected chi connectivity index (χ0v) is 23.5. The molecule has 0 radical (unpaired) electrons. The summed E-state index contributed by atoms with van der Waals surface area (Å²) in [4.78, 5) is 33.8. The topological polar surface area (TPSA) is 92.4 Å². The highest BCUT2D eigenvalue weighted by Crippen LogP contribution is 2.36. The first kappa shape index (κ1) is 26.6. The van der Waals surface area contributed by atoms with Crippen molar-refractivity contribution < 1.29 is 9.90 Å². The minimum absolute atomic E-state index is 0.0489. The Morgan fingerprint density at radius 2 is 1.71 bits per heavy atom. The van der Waals surface area contributed by atoms with E-state index in [2.05, 4.69) is 23.5 Å². The molecule has 8 heteroatoms. The van der Waals surface area contributed by atoms with E-state index in [0.29, 0.717) is 50.2 Å². The monoisotopic (exact) mass is 561 g/mol. The summed E-state index contributed by atoms with van der Waals surface area (Å²) in [6, 6.07) is 26.0. The van der Waals surface area contributed by atoms with Gasteiger partial charge in [-0.25, -0.2) is 4.98 Å². The molecule has 2 atom stereocenters. The molecule has 1 amide bonds. The summed E-state index contributed by atoms with van der Waals surface area (Å²) in [5.74, 6) is -0.208. The second-order valence-electron chi connectivity index (χ2n) is 11.7. The number of nitrogens with one attached hydrogen (secondary N) is 1. The molecule has 2 aliphatic rings. The number of piperidine rings is 2. The highest BCUT2D eigenvalue weighted by atomic mass is 16.3. The number of hydrogen-bond donors (Lipinski definition) is 2. The van der Waals surface area contributed by atoms with Crippen LogP contribution in [0.5, 0.6) is 0 Å². The van der Waals surface area contributed by atoms with Gasteiger partial charge in [-0.1, -0.05) is 66.7 Å². The van der Waals surface area contributed by atoms with Crippen LogP contribution in [0.3, 0.4) is 0 Å². The first-order valence-corrected chi connectivity index (χ1v) is 14.8. The summed E-state index contributed by atoms with van der Waals surface area (Å²) in [6.45, 7) is 2.89. The van der Waals surface area contributed by atoms with E-state index in [-0.39, 0.29) is 23.3 Å². The van der Waals surface area contributed by atoms with Gasteiger partial charge in [0.15, 0.2) is 11.2 Å². The molecule has 0 spiro atoms. The van der Waals surface area contributed by atoms with Gasteiger partial charge in [-0.05, 0) is 54.8 Å². The van der Waals surface area contributed by atoms with E-state index in [9.17, 15) is 14.7 Å². The Hall–Kier alpha value is -4.27. The van der Waals surface area contributed by atoms with Crippen molar-refractivity contribution >= 4 is 27.7 Å². The fraction of sp³-hybridized carbons (Fsp3) is 0.324. The molecule has 0 aliphatic carbocycles. The van der Waals surface area contributed by atoms with Gasteiger partial charge in [0.25, 0.3) is 11.5 Å². The third-order valence-corrected chi connectivity index (χ3v) is 9.23. The van der Waals surface area contributed by atoms with Gasteiger partial charge in [-0.2, -0.15) is 0 Å². The Morgan fingerprint density at radius 1 is 0.952 bits per heavy atom. The van der Waals surface area contributed by atoms with Crippen LogP contribution < -0.4 is 10.9 Å². The Labute approximate surface area is 244 Å². The fourth-order valence-electron chi connectivity index (χ4n) is 6.87. The smallest absolute Gasteiger partial charge is 0.262 e. The van der Waals surface area contributed by atoms with E-state index in [1.54, 1.807) is 10.9 Å². The van der Waals surface area contributed by atoms with Gasteiger partial charge in [0, 0.05) is 43.7 Å². The zero-order chi connectivity index (χ0) is 28.7. The standard InChI is InChI=1S/C34H35N5O3/c40-32-28-15-20-39(30-12-6-10-25-7-4-5-11-27(25)30)31(28)36-23-38(32)22-24-13-18-37(19-14-24)33(41)34(42)16-17-35-21-29(34)26-8-2-1-3-9-26/h1-12,15,20,23-24,29,35,42H,13-14,16-19,21-22H2/t29-,34+/m0/s1. The van der Waals surface area contributed by atoms with E-state index in [4.69, 9.17) is 4.98 Å². The number of carbonyl (C=O) groups is 1. The summed E-state index contributed by atoms with van der Waals surface area (Å²) in [5.41, 5.74) is 1.16. The first-order valence-electron chi connectivity index (χ1n) is 14.8. The van der Waals surface area contributed by atoms with Crippen LogP contribution in [-0.4, -0.2) is 61.8 Å². The third kappa shape index (κ3) is 4.61. The molecular weight excluding hydrogens is 526 g/mol. The van der Waals surface area contributed by atoms with Gasteiger partial charge in [0.2, 0.25) is 0 Å². The number of aliphatic hydroxyl groups is 1.